The van der Waals surface area contributed by atoms with E-state index in [1.54, 1.807) is 26.2 Å². The lowest BCUT2D eigenvalue weighted by Crippen LogP contribution is -2.10. The molecule has 0 spiro atoms. The van der Waals surface area contributed by atoms with Gasteiger partial charge in [-0.25, -0.2) is 9.78 Å². The van der Waals surface area contributed by atoms with Crippen LogP contribution >= 0.6 is 0 Å². The van der Waals surface area contributed by atoms with Gasteiger partial charge >= 0.3 is 5.97 Å². The summed E-state index contributed by atoms with van der Waals surface area (Å²) in [6, 6.07) is 3.46. The molecule has 0 unspecified atom stereocenters. The molecule has 0 fully saturated rings. The molecule has 0 aliphatic heterocycles. The van der Waals surface area contributed by atoms with Crippen molar-refractivity contribution in [2.75, 3.05) is 45.4 Å². The van der Waals surface area contributed by atoms with Crippen molar-refractivity contribution >= 4 is 11.8 Å². The molecule has 0 radical (unpaired) electrons. The molecule has 0 aliphatic carbocycles. The van der Waals surface area contributed by atoms with Crippen molar-refractivity contribution in [2.45, 2.75) is 13.3 Å². The Morgan fingerprint density at radius 1 is 1.30 bits per heavy atom. The minimum absolute atomic E-state index is 0.349. The van der Waals surface area contributed by atoms with Gasteiger partial charge in [-0.05, 0) is 25.5 Å². The molecule has 0 amide bonds. The van der Waals surface area contributed by atoms with Crippen LogP contribution in [0.3, 0.4) is 0 Å². The van der Waals surface area contributed by atoms with Crippen LogP contribution in [0.5, 0.6) is 0 Å². The molecule has 1 heterocycles. The lowest BCUT2D eigenvalue weighted by atomic mass is 10.3. The van der Waals surface area contributed by atoms with E-state index in [-0.39, 0.29) is 5.97 Å². The van der Waals surface area contributed by atoms with E-state index in [4.69, 9.17) is 14.2 Å². The fraction of sp³-hybridized carbons (Fsp3) is 0.571. The average Bonchev–Trinajstić information content (AvgIpc) is 2.47. The van der Waals surface area contributed by atoms with Gasteiger partial charge < -0.3 is 19.5 Å². The van der Waals surface area contributed by atoms with E-state index in [1.165, 1.54) is 6.20 Å². The first kappa shape index (κ1) is 16.4. The summed E-state index contributed by atoms with van der Waals surface area (Å²) in [5.41, 5.74) is 0.459. The molecule has 0 atom stereocenters. The largest absolute Gasteiger partial charge is 0.462 e. The third kappa shape index (κ3) is 6.49. The minimum atomic E-state index is -0.349. The van der Waals surface area contributed by atoms with E-state index in [1.807, 2.05) is 0 Å². The van der Waals surface area contributed by atoms with Crippen LogP contribution < -0.4 is 5.32 Å². The number of methoxy groups -OCH3 is 1. The predicted molar refractivity (Wildman–Crippen MR) is 76.0 cm³/mol. The van der Waals surface area contributed by atoms with Crippen molar-refractivity contribution < 1.29 is 19.0 Å². The summed E-state index contributed by atoms with van der Waals surface area (Å²) in [5.74, 6) is 0.382. The predicted octanol–water partition coefficient (Wildman–Crippen LogP) is 1.72. The molecule has 0 saturated carbocycles. The maximum Gasteiger partial charge on any atom is 0.339 e. The summed E-state index contributed by atoms with van der Waals surface area (Å²) < 4.78 is 15.1. The Morgan fingerprint density at radius 2 is 2.15 bits per heavy atom. The van der Waals surface area contributed by atoms with E-state index in [0.717, 1.165) is 18.8 Å². The highest BCUT2D eigenvalue weighted by atomic mass is 16.5. The third-order valence-electron chi connectivity index (χ3n) is 2.48. The number of carbonyl (C=O) groups excluding carboxylic acids is 1. The first-order chi connectivity index (χ1) is 9.77. The Bertz CT molecular complexity index is 381. The van der Waals surface area contributed by atoms with Crippen LogP contribution in [0.25, 0.3) is 0 Å². The first-order valence-corrected chi connectivity index (χ1v) is 6.71. The van der Waals surface area contributed by atoms with Crippen molar-refractivity contribution in [3.8, 4) is 0 Å². The molecular formula is C14H22N2O4. The number of rotatable bonds is 10. The van der Waals surface area contributed by atoms with Gasteiger partial charge in [0.1, 0.15) is 5.82 Å². The second kappa shape index (κ2) is 10.2. The van der Waals surface area contributed by atoms with E-state index < -0.39 is 0 Å². The average molecular weight is 282 g/mol. The second-order valence-corrected chi connectivity index (χ2v) is 4.04. The van der Waals surface area contributed by atoms with Crippen LogP contribution in [0.15, 0.2) is 18.3 Å². The molecule has 1 N–H and O–H groups in total. The fourth-order valence-corrected chi connectivity index (χ4v) is 1.47. The van der Waals surface area contributed by atoms with Crippen LogP contribution in [-0.4, -0.2) is 51.0 Å². The Labute approximate surface area is 119 Å². The van der Waals surface area contributed by atoms with Gasteiger partial charge in [0.2, 0.25) is 0 Å². The first-order valence-electron chi connectivity index (χ1n) is 6.71. The van der Waals surface area contributed by atoms with Crippen LogP contribution in [0, 0.1) is 0 Å². The Morgan fingerprint density at radius 3 is 2.80 bits per heavy atom. The summed E-state index contributed by atoms with van der Waals surface area (Å²) >= 11 is 0. The maximum atomic E-state index is 11.4. The van der Waals surface area contributed by atoms with Gasteiger partial charge in [-0.2, -0.15) is 0 Å². The summed E-state index contributed by atoms with van der Waals surface area (Å²) in [5, 5.41) is 3.16. The number of aromatic nitrogens is 1. The molecule has 0 aliphatic rings. The highest BCUT2D eigenvalue weighted by Crippen LogP contribution is 2.06. The van der Waals surface area contributed by atoms with Gasteiger partial charge in [0.05, 0.1) is 25.4 Å². The summed E-state index contributed by atoms with van der Waals surface area (Å²) in [4.78, 5) is 15.6. The lowest BCUT2D eigenvalue weighted by Gasteiger charge is -2.07. The number of esters is 1. The number of nitrogens with zero attached hydrogens (tertiary/aromatic N) is 1. The number of nitrogens with one attached hydrogen (secondary N) is 1. The SMILES string of the molecule is CCOC(=O)c1ccc(NCCCOCCOC)nc1. The number of anilines is 1. The van der Waals surface area contributed by atoms with Gasteiger partial charge in [-0.15, -0.1) is 0 Å². The Hall–Kier alpha value is -1.66. The van der Waals surface area contributed by atoms with Crippen LogP contribution in [0.2, 0.25) is 0 Å². The smallest absolute Gasteiger partial charge is 0.339 e. The number of pyridine rings is 1. The number of hydrogen-bond donors (Lipinski definition) is 1. The van der Waals surface area contributed by atoms with Gasteiger partial charge in [0.25, 0.3) is 0 Å². The van der Waals surface area contributed by atoms with E-state index in [9.17, 15) is 4.79 Å². The minimum Gasteiger partial charge on any atom is -0.462 e. The molecule has 1 rings (SSSR count). The van der Waals surface area contributed by atoms with Crippen LogP contribution in [-0.2, 0) is 14.2 Å². The molecule has 1 aromatic heterocycles. The zero-order chi connectivity index (χ0) is 14.6. The summed E-state index contributed by atoms with van der Waals surface area (Å²) in [7, 11) is 1.65. The zero-order valence-corrected chi connectivity index (χ0v) is 12.1. The van der Waals surface area contributed by atoms with Crippen molar-refractivity contribution in [3.63, 3.8) is 0 Å². The van der Waals surface area contributed by atoms with E-state index in [2.05, 4.69) is 10.3 Å². The topological polar surface area (TPSA) is 69.7 Å². The second-order valence-electron chi connectivity index (χ2n) is 4.04. The molecule has 6 heteroatoms. The Balaban J connectivity index is 2.20. The number of ether oxygens (including phenoxy) is 3. The molecule has 0 saturated heterocycles. The van der Waals surface area contributed by atoms with E-state index >= 15 is 0 Å². The highest BCUT2D eigenvalue weighted by molar-refractivity contribution is 5.89. The number of carbonyl (C=O) groups is 1. The molecular weight excluding hydrogens is 260 g/mol. The van der Waals surface area contributed by atoms with Crippen molar-refractivity contribution in [1.82, 2.24) is 4.98 Å². The van der Waals surface area contributed by atoms with Gasteiger partial charge in [0.15, 0.2) is 0 Å². The standard InChI is InChI=1S/C14H22N2O4/c1-3-20-14(17)12-5-6-13(16-11-12)15-7-4-8-19-10-9-18-2/h5-6,11H,3-4,7-10H2,1-2H3,(H,15,16). The monoisotopic (exact) mass is 282 g/mol. The Kier molecular flexibility index (Phi) is 8.33. The lowest BCUT2D eigenvalue weighted by molar-refractivity contribution is 0.0526. The van der Waals surface area contributed by atoms with E-state index in [0.29, 0.717) is 32.0 Å². The molecule has 1 aromatic rings. The van der Waals surface area contributed by atoms with Gasteiger partial charge in [-0.3, -0.25) is 0 Å². The van der Waals surface area contributed by atoms with Gasteiger partial charge in [0, 0.05) is 26.5 Å². The van der Waals surface area contributed by atoms with Crippen LogP contribution in [0.4, 0.5) is 5.82 Å². The summed E-state index contributed by atoms with van der Waals surface area (Å²) in [6.07, 6.45) is 2.39. The van der Waals surface area contributed by atoms with Crippen molar-refractivity contribution in [3.05, 3.63) is 23.9 Å². The maximum absolute atomic E-state index is 11.4. The molecule has 6 nitrogen and oxygen atoms in total. The molecule has 0 aromatic carbocycles. The third-order valence-corrected chi connectivity index (χ3v) is 2.48. The molecule has 20 heavy (non-hydrogen) atoms. The number of hydrogen-bond acceptors (Lipinski definition) is 6. The quantitative estimate of drug-likeness (QED) is 0.520. The van der Waals surface area contributed by atoms with Crippen molar-refractivity contribution in [2.24, 2.45) is 0 Å². The van der Waals surface area contributed by atoms with Crippen molar-refractivity contribution in [1.29, 1.82) is 0 Å². The molecule has 112 valence electrons. The van der Waals surface area contributed by atoms with Gasteiger partial charge in [-0.1, -0.05) is 0 Å². The zero-order valence-electron chi connectivity index (χ0n) is 12.1. The summed E-state index contributed by atoms with van der Waals surface area (Å²) in [6.45, 7) is 4.81. The van der Waals surface area contributed by atoms with Crippen LogP contribution in [0.1, 0.15) is 23.7 Å². The molecule has 0 bridgehead atoms. The fourth-order valence-electron chi connectivity index (χ4n) is 1.47. The highest BCUT2D eigenvalue weighted by Gasteiger charge is 2.06. The normalized spacial score (nSPS) is 10.3.